The molecule has 0 bridgehead atoms. The second-order valence-corrected chi connectivity index (χ2v) is 5.18. The van der Waals surface area contributed by atoms with Gasteiger partial charge in [-0.15, -0.1) is 0 Å². The number of hydrogen-bond acceptors (Lipinski definition) is 4. The summed E-state index contributed by atoms with van der Waals surface area (Å²) in [5.41, 5.74) is 1.09. The van der Waals surface area contributed by atoms with Crippen molar-refractivity contribution in [2.45, 2.75) is 6.54 Å². The van der Waals surface area contributed by atoms with Gasteiger partial charge in [0.15, 0.2) is 6.61 Å². The predicted octanol–water partition coefficient (Wildman–Crippen LogP) is 2.41. The maximum absolute atomic E-state index is 13.4. The van der Waals surface area contributed by atoms with Gasteiger partial charge in [0.2, 0.25) is 0 Å². The number of halogens is 1. The minimum absolute atomic E-state index is 0.217. The highest BCUT2D eigenvalue weighted by atomic mass is 19.1. The number of ether oxygens (including phenoxy) is 1. The standard InChI is InChI=1S/C19H17FN2O4/c20-16-9-5-4-8-15(16)10-11-18(24)26-13-17(23)22-19(25)21-12-14-6-2-1-3-7-14/h1-11H,12-13H2,(H2,21,22,23,25)/b11-10+. The Kier molecular flexibility index (Phi) is 7.05. The average molecular weight is 356 g/mol. The summed E-state index contributed by atoms with van der Waals surface area (Å²) in [5.74, 6) is -2.08. The van der Waals surface area contributed by atoms with Crippen molar-refractivity contribution in [1.29, 1.82) is 0 Å². The van der Waals surface area contributed by atoms with Crippen LogP contribution in [0.3, 0.4) is 0 Å². The molecule has 3 amide bonds. The van der Waals surface area contributed by atoms with Gasteiger partial charge >= 0.3 is 12.0 Å². The van der Waals surface area contributed by atoms with Gasteiger partial charge in [0.05, 0.1) is 0 Å². The number of benzene rings is 2. The lowest BCUT2D eigenvalue weighted by molar-refractivity contribution is -0.143. The Hall–Kier alpha value is -3.48. The molecule has 0 saturated heterocycles. The highest BCUT2D eigenvalue weighted by Gasteiger charge is 2.09. The molecule has 0 spiro atoms. The zero-order valence-electron chi connectivity index (χ0n) is 13.8. The van der Waals surface area contributed by atoms with E-state index in [1.165, 1.54) is 24.3 Å². The molecular formula is C19H17FN2O4. The highest BCUT2D eigenvalue weighted by Crippen LogP contribution is 2.08. The summed E-state index contributed by atoms with van der Waals surface area (Å²) in [6, 6.07) is 14.3. The van der Waals surface area contributed by atoms with Crippen LogP contribution in [0.4, 0.5) is 9.18 Å². The lowest BCUT2D eigenvalue weighted by atomic mass is 10.2. The van der Waals surface area contributed by atoms with Crippen LogP contribution < -0.4 is 10.6 Å². The minimum atomic E-state index is -0.826. The summed E-state index contributed by atoms with van der Waals surface area (Å²) in [5, 5.41) is 4.54. The largest absolute Gasteiger partial charge is 0.452 e. The van der Waals surface area contributed by atoms with E-state index in [9.17, 15) is 18.8 Å². The van der Waals surface area contributed by atoms with Crippen LogP contribution in [0, 0.1) is 5.82 Å². The van der Waals surface area contributed by atoms with E-state index in [1.807, 2.05) is 35.6 Å². The molecule has 134 valence electrons. The summed E-state index contributed by atoms with van der Waals surface area (Å²) >= 11 is 0. The van der Waals surface area contributed by atoms with Gasteiger partial charge in [-0.2, -0.15) is 0 Å². The zero-order valence-corrected chi connectivity index (χ0v) is 13.8. The third-order valence-corrected chi connectivity index (χ3v) is 3.20. The summed E-state index contributed by atoms with van der Waals surface area (Å²) in [4.78, 5) is 34.7. The first-order valence-electron chi connectivity index (χ1n) is 7.75. The maximum atomic E-state index is 13.4. The van der Waals surface area contributed by atoms with Crippen molar-refractivity contribution >= 4 is 24.0 Å². The number of carbonyl (C=O) groups excluding carboxylic acids is 3. The van der Waals surface area contributed by atoms with Crippen LogP contribution >= 0.6 is 0 Å². The van der Waals surface area contributed by atoms with Crippen LogP contribution in [0.1, 0.15) is 11.1 Å². The molecule has 2 N–H and O–H groups in total. The fourth-order valence-corrected chi connectivity index (χ4v) is 1.94. The van der Waals surface area contributed by atoms with Crippen LogP contribution in [-0.2, 0) is 20.9 Å². The predicted molar refractivity (Wildman–Crippen MR) is 93.2 cm³/mol. The number of esters is 1. The van der Waals surface area contributed by atoms with Gasteiger partial charge < -0.3 is 10.1 Å². The SMILES string of the molecule is O=C(COC(=O)/C=C/c1ccccc1F)NC(=O)NCc1ccccc1. The number of hydrogen-bond donors (Lipinski definition) is 2. The molecule has 2 aromatic rings. The molecule has 0 aliphatic rings. The van der Waals surface area contributed by atoms with Gasteiger partial charge in [-0.25, -0.2) is 14.0 Å². The third kappa shape index (κ3) is 6.56. The van der Waals surface area contributed by atoms with Crippen molar-refractivity contribution in [1.82, 2.24) is 10.6 Å². The smallest absolute Gasteiger partial charge is 0.331 e. The van der Waals surface area contributed by atoms with E-state index in [0.717, 1.165) is 11.6 Å². The fraction of sp³-hybridized carbons (Fsp3) is 0.105. The number of nitrogens with one attached hydrogen (secondary N) is 2. The number of amides is 3. The van der Waals surface area contributed by atoms with E-state index in [0.29, 0.717) is 0 Å². The average Bonchev–Trinajstić information content (AvgIpc) is 2.65. The number of urea groups is 1. The molecule has 0 fully saturated rings. The van der Waals surface area contributed by atoms with Crippen molar-refractivity contribution in [2.24, 2.45) is 0 Å². The van der Waals surface area contributed by atoms with E-state index >= 15 is 0 Å². The molecule has 0 aliphatic heterocycles. The molecule has 0 saturated carbocycles. The Morgan fingerprint density at radius 3 is 2.42 bits per heavy atom. The number of rotatable bonds is 6. The van der Waals surface area contributed by atoms with Crippen LogP contribution in [0.2, 0.25) is 0 Å². The molecule has 0 heterocycles. The molecular weight excluding hydrogens is 339 g/mol. The lowest BCUT2D eigenvalue weighted by Gasteiger charge is -2.07. The maximum Gasteiger partial charge on any atom is 0.331 e. The Labute approximate surface area is 149 Å². The molecule has 2 aromatic carbocycles. The van der Waals surface area contributed by atoms with E-state index in [-0.39, 0.29) is 12.1 Å². The number of carbonyl (C=O) groups is 3. The molecule has 0 radical (unpaired) electrons. The molecule has 6 nitrogen and oxygen atoms in total. The van der Waals surface area contributed by atoms with Crippen LogP contribution in [-0.4, -0.2) is 24.5 Å². The van der Waals surface area contributed by atoms with Crippen molar-refractivity contribution in [3.05, 3.63) is 77.6 Å². The second kappa shape index (κ2) is 9.73. The van der Waals surface area contributed by atoms with Gasteiger partial charge in [-0.05, 0) is 17.7 Å². The highest BCUT2D eigenvalue weighted by molar-refractivity contribution is 5.96. The van der Waals surface area contributed by atoms with E-state index in [2.05, 4.69) is 10.1 Å². The van der Waals surface area contributed by atoms with Gasteiger partial charge in [0, 0.05) is 18.2 Å². The van der Waals surface area contributed by atoms with Crippen LogP contribution in [0.15, 0.2) is 60.7 Å². The summed E-state index contributed by atoms with van der Waals surface area (Å²) in [6.07, 6.45) is 2.24. The van der Waals surface area contributed by atoms with Crippen molar-refractivity contribution in [3.63, 3.8) is 0 Å². The second-order valence-electron chi connectivity index (χ2n) is 5.18. The molecule has 0 atom stereocenters. The first kappa shape index (κ1) is 18.9. The summed E-state index contributed by atoms with van der Waals surface area (Å²) in [7, 11) is 0. The Morgan fingerprint density at radius 2 is 1.69 bits per heavy atom. The first-order valence-corrected chi connectivity index (χ1v) is 7.75. The number of imide groups is 1. The summed E-state index contributed by atoms with van der Waals surface area (Å²) in [6.45, 7) is -0.371. The van der Waals surface area contributed by atoms with E-state index < -0.39 is 30.3 Å². The van der Waals surface area contributed by atoms with Gasteiger partial charge in [-0.1, -0.05) is 48.5 Å². The Bertz CT molecular complexity index is 806. The topological polar surface area (TPSA) is 84.5 Å². The van der Waals surface area contributed by atoms with Gasteiger partial charge in [-0.3, -0.25) is 10.1 Å². The van der Waals surface area contributed by atoms with Crippen molar-refractivity contribution in [2.75, 3.05) is 6.61 Å². The molecule has 26 heavy (non-hydrogen) atoms. The minimum Gasteiger partial charge on any atom is -0.452 e. The van der Waals surface area contributed by atoms with Gasteiger partial charge in [0.1, 0.15) is 5.82 Å². The third-order valence-electron chi connectivity index (χ3n) is 3.20. The summed E-state index contributed by atoms with van der Waals surface area (Å²) < 4.78 is 18.1. The van der Waals surface area contributed by atoms with Crippen molar-refractivity contribution in [3.8, 4) is 0 Å². The fourth-order valence-electron chi connectivity index (χ4n) is 1.94. The quantitative estimate of drug-likeness (QED) is 0.615. The monoisotopic (exact) mass is 356 g/mol. The molecule has 0 aromatic heterocycles. The molecule has 7 heteroatoms. The van der Waals surface area contributed by atoms with E-state index in [1.54, 1.807) is 6.07 Å². The first-order chi connectivity index (χ1) is 12.5. The normalized spacial score (nSPS) is 10.3. The molecule has 0 unspecified atom stereocenters. The van der Waals surface area contributed by atoms with Gasteiger partial charge in [0.25, 0.3) is 5.91 Å². The Morgan fingerprint density at radius 1 is 1.00 bits per heavy atom. The lowest BCUT2D eigenvalue weighted by Crippen LogP contribution is -2.41. The Balaban J connectivity index is 1.70. The van der Waals surface area contributed by atoms with Crippen molar-refractivity contribution < 1.29 is 23.5 Å². The van der Waals surface area contributed by atoms with Crippen LogP contribution in [0.5, 0.6) is 0 Å². The molecule has 2 rings (SSSR count). The molecule has 0 aliphatic carbocycles. The van der Waals surface area contributed by atoms with Crippen LogP contribution in [0.25, 0.3) is 6.08 Å². The van der Waals surface area contributed by atoms with E-state index in [4.69, 9.17) is 0 Å². The zero-order chi connectivity index (χ0) is 18.8.